The number of anilines is 1. The van der Waals surface area contributed by atoms with E-state index >= 15 is 0 Å². The van der Waals surface area contributed by atoms with Crippen LogP contribution in [0.4, 0.5) is 11.4 Å². The highest BCUT2D eigenvalue weighted by atomic mass is 16.6. The third-order valence-corrected chi connectivity index (χ3v) is 5.20. The lowest BCUT2D eigenvalue weighted by molar-refractivity contribution is -0.384. The number of nitro benzene ring substituents is 1. The summed E-state index contributed by atoms with van der Waals surface area (Å²) in [7, 11) is 0. The SMILES string of the molecule is O=C(COC(=O)C1(O)CCCC1)N1CCN(c2ccc([N+](=O)[O-])cc2)CC1. The Bertz CT molecular complexity index is 706. The Morgan fingerprint density at radius 3 is 2.26 bits per heavy atom. The fourth-order valence-corrected chi connectivity index (χ4v) is 3.52. The van der Waals surface area contributed by atoms with E-state index in [1.165, 1.54) is 12.1 Å². The molecular weight excluding hydrogens is 354 g/mol. The molecular formula is C18H23N3O6. The van der Waals surface area contributed by atoms with Crippen LogP contribution in [0.25, 0.3) is 0 Å². The van der Waals surface area contributed by atoms with Crippen LogP contribution in [0.2, 0.25) is 0 Å². The molecule has 1 N–H and O–H groups in total. The van der Waals surface area contributed by atoms with Crippen molar-refractivity contribution in [2.75, 3.05) is 37.7 Å². The number of nitro groups is 1. The van der Waals surface area contributed by atoms with Gasteiger partial charge in [-0.2, -0.15) is 0 Å². The maximum absolute atomic E-state index is 12.3. The summed E-state index contributed by atoms with van der Waals surface area (Å²) in [6.45, 7) is 1.75. The number of carbonyl (C=O) groups excluding carboxylic acids is 2. The minimum atomic E-state index is -1.44. The van der Waals surface area contributed by atoms with Crippen molar-refractivity contribution in [3.63, 3.8) is 0 Å². The van der Waals surface area contributed by atoms with E-state index in [0.29, 0.717) is 39.0 Å². The first-order valence-electron chi connectivity index (χ1n) is 9.06. The maximum atomic E-state index is 12.3. The third kappa shape index (κ3) is 4.36. The second-order valence-electron chi connectivity index (χ2n) is 6.96. The van der Waals surface area contributed by atoms with Gasteiger partial charge in [-0.05, 0) is 37.8 Å². The van der Waals surface area contributed by atoms with Gasteiger partial charge in [-0.15, -0.1) is 0 Å². The van der Waals surface area contributed by atoms with Crippen LogP contribution in [-0.4, -0.2) is 65.2 Å². The van der Waals surface area contributed by atoms with E-state index in [1.54, 1.807) is 17.0 Å². The predicted molar refractivity (Wildman–Crippen MR) is 96.3 cm³/mol. The van der Waals surface area contributed by atoms with Gasteiger partial charge in [0.25, 0.3) is 11.6 Å². The van der Waals surface area contributed by atoms with Crippen molar-refractivity contribution in [2.45, 2.75) is 31.3 Å². The summed E-state index contributed by atoms with van der Waals surface area (Å²) >= 11 is 0. The highest BCUT2D eigenvalue weighted by Gasteiger charge is 2.40. The molecule has 9 nitrogen and oxygen atoms in total. The van der Waals surface area contributed by atoms with Crippen molar-refractivity contribution < 1.29 is 24.4 Å². The average Bonchev–Trinajstić information content (AvgIpc) is 3.14. The van der Waals surface area contributed by atoms with Crippen molar-refractivity contribution in [1.82, 2.24) is 4.90 Å². The zero-order chi connectivity index (χ0) is 19.4. The van der Waals surface area contributed by atoms with Gasteiger partial charge < -0.3 is 19.6 Å². The van der Waals surface area contributed by atoms with Crippen LogP contribution in [0, 0.1) is 10.1 Å². The highest BCUT2D eigenvalue weighted by molar-refractivity contribution is 5.84. The number of nitrogens with zero attached hydrogens (tertiary/aromatic N) is 3. The van der Waals surface area contributed by atoms with Crippen molar-refractivity contribution in [3.8, 4) is 0 Å². The van der Waals surface area contributed by atoms with Crippen LogP contribution in [0.3, 0.4) is 0 Å². The molecule has 2 fully saturated rings. The number of hydrogen-bond acceptors (Lipinski definition) is 7. The number of esters is 1. The molecule has 1 aromatic rings. The monoisotopic (exact) mass is 377 g/mol. The molecule has 1 heterocycles. The van der Waals surface area contributed by atoms with Crippen LogP contribution in [0.15, 0.2) is 24.3 Å². The molecule has 1 aliphatic heterocycles. The van der Waals surface area contributed by atoms with Crippen LogP contribution < -0.4 is 4.90 Å². The minimum absolute atomic E-state index is 0.0401. The van der Waals surface area contributed by atoms with Crippen LogP contribution in [0.1, 0.15) is 25.7 Å². The molecule has 1 aliphatic carbocycles. The van der Waals surface area contributed by atoms with Crippen molar-refractivity contribution >= 4 is 23.3 Å². The molecule has 9 heteroatoms. The number of ether oxygens (including phenoxy) is 1. The zero-order valence-electron chi connectivity index (χ0n) is 15.0. The Kier molecular flexibility index (Phi) is 5.59. The molecule has 2 aliphatic rings. The molecule has 0 bridgehead atoms. The zero-order valence-corrected chi connectivity index (χ0v) is 15.0. The summed E-state index contributed by atoms with van der Waals surface area (Å²) < 4.78 is 5.03. The lowest BCUT2D eigenvalue weighted by Gasteiger charge is -2.36. The first-order chi connectivity index (χ1) is 12.9. The van der Waals surface area contributed by atoms with E-state index in [2.05, 4.69) is 0 Å². The summed E-state index contributed by atoms with van der Waals surface area (Å²) in [6, 6.07) is 6.31. The second kappa shape index (κ2) is 7.91. The van der Waals surface area contributed by atoms with E-state index in [0.717, 1.165) is 18.5 Å². The number of aliphatic hydroxyl groups is 1. The Morgan fingerprint density at radius 1 is 1.11 bits per heavy atom. The van der Waals surface area contributed by atoms with E-state index in [-0.39, 0.29) is 18.2 Å². The largest absolute Gasteiger partial charge is 0.453 e. The Morgan fingerprint density at radius 2 is 1.70 bits per heavy atom. The summed E-state index contributed by atoms with van der Waals surface area (Å²) in [5.41, 5.74) is -0.532. The number of amides is 1. The number of hydrogen-bond donors (Lipinski definition) is 1. The lowest BCUT2D eigenvalue weighted by Crippen LogP contribution is -2.50. The summed E-state index contributed by atoms with van der Waals surface area (Å²) in [4.78, 5) is 38.2. The summed E-state index contributed by atoms with van der Waals surface area (Å²) in [5, 5.41) is 20.9. The quantitative estimate of drug-likeness (QED) is 0.464. The molecule has 3 rings (SSSR count). The maximum Gasteiger partial charge on any atom is 0.338 e. The number of piperazine rings is 1. The predicted octanol–water partition coefficient (Wildman–Crippen LogP) is 1.09. The van der Waals surface area contributed by atoms with Crippen molar-refractivity contribution in [3.05, 3.63) is 34.4 Å². The smallest absolute Gasteiger partial charge is 0.338 e. The molecule has 0 aromatic heterocycles. The fraction of sp³-hybridized carbons (Fsp3) is 0.556. The van der Waals surface area contributed by atoms with E-state index in [1.807, 2.05) is 4.90 Å². The van der Waals surface area contributed by atoms with Gasteiger partial charge in [0.05, 0.1) is 4.92 Å². The van der Waals surface area contributed by atoms with Gasteiger partial charge in [-0.25, -0.2) is 4.79 Å². The molecule has 1 saturated carbocycles. The molecule has 146 valence electrons. The molecule has 0 atom stereocenters. The fourth-order valence-electron chi connectivity index (χ4n) is 3.52. The number of rotatable bonds is 5. The standard InChI is InChI=1S/C18H23N3O6/c22-16(13-27-17(23)18(24)7-1-2-8-18)20-11-9-19(10-12-20)14-3-5-15(6-4-14)21(25)26/h3-6,24H,1-2,7-13H2. The van der Waals surface area contributed by atoms with E-state index in [9.17, 15) is 24.8 Å². The Balaban J connectivity index is 1.46. The van der Waals surface area contributed by atoms with Crippen LogP contribution in [-0.2, 0) is 14.3 Å². The van der Waals surface area contributed by atoms with Gasteiger partial charge in [0.1, 0.15) is 0 Å². The van der Waals surface area contributed by atoms with E-state index < -0.39 is 16.5 Å². The topological polar surface area (TPSA) is 113 Å². The van der Waals surface area contributed by atoms with Gasteiger partial charge in [-0.3, -0.25) is 14.9 Å². The van der Waals surface area contributed by atoms with Crippen LogP contribution in [0.5, 0.6) is 0 Å². The summed E-state index contributed by atoms with van der Waals surface area (Å²) in [6.07, 6.45) is 2.33. The van der Waals surface area contributed by atoms with Crippen molar-refractivity contribution in [2.24, 2.45) is 0 Å². The first-order valence-corrected chi connectivity index (χ1v) is 9.06. The molecule has 0 radical (unpaired) electrons. The molecule has 1 amide bonds. The lowest BCUT2D eigenvalue weighted by atomic mass is 10.0. The molecule has 1 saturated heterocycles. The molecule has 1 aromatic carbocycles. The first kappa shape index (κ1) is 19.1. The van der Waals surface area contributed by atoms with Gasteiger partial charge in [0.15, 0.2) is 12.2 Å². The van der Waals surface area contributed by atoms with Gasteiger partial charge in [0, 0.05) is 44.0 Å². The van der Waals surface area contributed by atoms with Gasteiger partial charge >= 0.3 is 5.97 Å². The molecule has 0 spiro atoms. The second-order valence-corrected chi connectivity index (χ2v) is 6.96. The van der Waals surface area contributed by atoms with E-state index in [4.69, 9.17) is 4.74 Å². The number of carbonyl (C=O) groups is 2. The molecule has 27 heavy (non-hydrogen) atoms. The highest BCUT2D eigenvalue weighted by Crippen LogP contribution is 2.30. The van der Waals surface area contributed by atoms with Gasteiger partial charge in [0.2, 0.25) is 0 Å². The van der Waals surface area contributed by atoms with Crippen molar-refractivity contribution in [1.29, 1.82) is 0 Å². The van der Waals surface area contributed by atoms with Gasteiger partial charge in [-0.1, -0.05) is 0 Å². The Labute approximate surface area is 156 Å². The van der Waals surface area contributed by atoms with Crippen LogP contribution >= 0.6 is 0 Å². The number of benzene rings is 1. The normalized spacial score (nSPS) is 19.0. The summed E-state index contributed by atoms with van der Waals surface area (Å²) in [5.74, 6) is -0.994. The average molecular weight is 377 g/mol. The minimum Gasteiger partial charge on any atom is -0.453 e. The number of non-ortho nitro benzene ring substituents is 1. The third-order valence-electron chi connectivity index (χ3n) is 5.20. The Hall–Kier alpha value is -2.68. The molecule has 0 unspecified atom stereocenters.